The second-order valence-electron chi connectivity index (χ2n) is 4.48. The average Bonchev–Trinajstić information content (AvgIpc) is 2.15. The van der Waals surface area contributed by atoms with Crippen LogP contribution in [0.4, 0.5) is 0 Å². The number of aliphatic hydroxyl groups is 1. The molecule has 1 atom stereocenters. The van der Waals surface area contributed by atoms with Gasteiger partial charge < -0.3 is 10.8 Å². The van der Waals surface area contributed by atoms with E-state index in [1.54, 1.807) is 6.20 Å². The molecule has 14 heavy (non-hydrogen) atoms. The third-order valence-electron chi connectivity index (χ3n) is 2.16. The predicted molar refractivity (Wildman–Crippen MR) is 57.0 cm³/mol. The molecule has 0 spiro atoms. The standard InChI is InChI=1S/C11H18N2O/c1-11(2,3)10-5-4-8(7-13-10)9(14)6-12/h4-5,7,9,14H,6,12H2,1-3H3. The average molecular weight is 194 g/mol. The van der Waals surface area contributed by atoms with Crippen LogP contribution in [0.25, 0.3) is 0 Å². The van der Waals surface area contributed by atoms with E-state index in [9.17, 15) is 5.11 Å². The fourth-order valence-corrected chi connectivity index (χ4v) is 1.18. The minimum Gasteiger partial charge on any atom is -0.387 e. The third kappa shape index (κ3) is 2.53. The molecule has 0 bridgehead atoms. The van der Waals surface area contributed by atoms with E-state index in [-0.39, 0.29) is 12.0 Å². The molecule has 0 aliphatic heterocycles. The lowest BCUT2D eigenvalue weighted by molar-refractivity contribution is 0.186. The maximum atomic E-state index is 9.46. The smallest absolute Gasteiger partial charge is 0.0927 e. The largest absolute Gasteiger partial charge is 0.387 e. The van der Waals surface area contributed by atoms with E-state index in [4.69, 9.17) is 5.73 Å². The van der Waals surface area contributed by atoms with Crippen molar-refractivity contribution in [2.75, 3.05) is 6.54 Å². The van der Waals surface area contributed by atoms with Crippen LogP contribution in [0.2, 0.25) is 0 Å². The predicted octanol–water partition coefficient (Wildman–Crippen LogP) is 1.37. The van der Waals surface area contributed by atoms with Gasteiger partial charge in [0.1, 0.15) is 0 Å². The van der Waals surface area contributed by atoms with Crippen molar-refractivity contribution in [2.45, 2.75) is 32.3 Å². The maximum Gasteiger partial charge on any atom is 0.0927 e. The number of aromatic nitrogens is 1. The van der Waals surface area contributed by atoms with Crippen LogP contribution in [0.15, 0.2) is 18.3 Å². The summed E-state index contributed by atoms with van der Waals surface area (Å²) in [4.78, 5) is 4.30. The highest BCUT2D eigenvalue weighted by molar-refractivity contribution is 5.20. The van der Waals surface area contributed by atoms with Gasteiger partial charge in [-0.15, -0.1) is 0 Å². The Bertz CT molecular complexity index is 287. The molecule has 0 saturated carbocycles. The molecule has 0 aliphatic carbocycles. The first-order valence-corrected chi connectivity index (χ1v) is 4.79. The van der Waals surface area contributed by atoms with Crippen molar-refractivity contribution >= 4 is 0 Å². The van der Waals surface area contributed by atoms with E-state index in [1.807, 2.05) is 12.1 Å². The monoisotopic (exact) mass is 194 g/mol. The number of hydrogen-bond donors (Lipinski definition) is 2. The van der Waals surface area contributed by atoms with Gasteiger partial charge in [0.05, 0.1) is 6.10 Å². The first-order chi connectivity index (χ1) is 6.45. The Morgan fingerprint density at radius 2 is 2.07 bits per heavy atom. The number of nitrogens with two attached hydrogens (primary N) is 1. The molecule has 1 aromatic heterocycles. The zero-order valence-corrected chi connectivity index (χ0v) is 8.99. The van der Waals surface area contributed by atoms with Crippen molar-refractivity contribution in [3.63, 3.8) is 0 Å². The minimum absolute atomic E-state index is 0.0478. The molecule has 3 N–H and O–H groups in total. The highest BCUT2D eigenvalue weighted by atomic mass is 16.3. The fraction of sp³-hybridized carbons (Fsp3) is 0.545. The lowest BCUT2D eigenvalue weighted by Crippen LogP contribution is -2.15. The van der Waals surface area contributed by atoms with Gasteiger partial charge >= 0.3 is 0 Å². The molecule has 0 radical (unpaired) electrons. The Morgan fingerprint density at radius 3 is 2.43 bits per heavy atom. The highest BCUT2D eigenvalue weighted by Crippen LogP contribution is 2.20. The molecule has 0 fully saturated rings. The number of pyridine rings is 1. The topological polar surface area (TPSA) is 59.1 Å². The lowest BCUT2D eigenvalue weighted by Gasteiger charge is -2.18. The number of aliphatic hydroxyl groups excluding tert-OH is 1. The Labute approximate surface area is 85.0 Å². The van der Waals surface area contributed by atoms with Crippen molar-refractivity contribution in [1.29, 1.82) is 0 Å². The second-order valence-corrected chi connectivity index (χ2v) is 4.48. The molecule has 1 unspecified atom stereocenters. The van der Waals surface area contributed by atoms with Gasteiger partial charge in [-0.25, -0.2) is 0 Å². The van der Waals surface area contributed by atoms with Crippen molar-refractivity contribution in [2.24, 2.45) is 5.73 Å². The van der Waals surface area contributed by atoms with Gasteiger partial charge in [-0.2, -0.15) is 0 Å². The van der Waals surface area contributed by atoms with Gasteiger partial charge in [0.25, 0.3) is 0 Å². The zero-order chi connectivity index (χ0) is 10.8. The third-order valence-corrected chi connectivity index (χ3v) is 2.16. The summed E-state index contributed by atoms with van der Waals surface area (Å²) < 4.78 is 0. The first kappa shape index (κ1) is 11.1. The molecular weight excluding hydrogens is 176 g/mol. The lowest BCUT2D eigenvalue weighted by atomic mass is 9.91. The van der Waals surface area contributed by atoms with Crippen LogP contribution in [0.1, 0.15) is 38.1 Å². The van der Waals surface area contributed by atoms with Crippen LogP contribution in [-0.2, 0) is 5.41 Å². The van der Waals surface area contributed by atoms with Crippen LogP contribution in [-0.4, -0.2) is 16.6 Å². The zero-order valence-electron chi connectivity index (χ0n) is 8.99. The van der Waals surface area contributed by atoms with Crippen LogP contribution in [0.5, 0.6) is 0 Å². The summed E-state index contributed by atoms with van der Waals surface area (Å²) in [5, 5.41) is 9.46. The van der Waals surface area contributed by atoms with Crippen LogP contribution in [0.3, 0.4) is 0 Å². The number of rotatable bonds is 2. The van der Waals surface area contributed by atoms with Crippen LogP contribution < -0.4 is 5.73 Å². The Balaban J connectivity index is 2.89. The summed E-state index contributed by atoms with van der Waals surface area (Å²) in [6, 6.07) is 3.82. The SMILES string of the molecule is CC(C)(C)c1ccc(C(O)CN)cn1. The summed E-state index contributed by atoms with van der Waals surface area (Å²) >= 11 is 0. The molecule has 0 amide bonds. The highest BCUT2D eigenvalue weighted by Gasteiger charge is 2.15. The molecule has 0 aromatic carbocycles. The van der Waals surface area contributed by atoms with Gasteiger partial charge in [-0.1, -0.05) is 26.8 Å². The van der Waals surface area contributed by atoms with E-state index in [0.29, 0.717) is 0 Å². The summed E-state index contributed by atoms with van der Waals surface area (Å²) in [5.74, 6) is 0. The summed E-state index contributed by atoms with van der Waals surface area (Å²) in [6.07, 6.45) is 1.09. The Hall–Kier alpha value is -0.930. The van der Waals surface area contributed by atoms with Gasteiger partial charge in [0.15, 0.2) is 0 Å². The molecular formula is C11H18N2O. The van der Waals surface area contributed by atoms with E-state index in [0.717, 1.165) is 11.3 Å². The van der Waals surface area contributed by atoms with Crippen LogP contribution >= 0.6 is 0 Å². The number of hydrogen-bond acceptors (Lipinski definition) is 3. The molecule has 0 aliphatic rings. The summed E-state index contributed by atoms with van der Waals surface area (Å²) in [7, 11) is 0. The fourth-order valence-electron chi connectivity index (χ4n) is 1.18. The van der Waals surface area contributed by atoms with Crippen molar-refractivity contribution < 1.29 is 5.11 Å². The molecule has 0 saturated heterocycles. The normalized spacial score (nSPS) is 14.1. The van der Waals surface area contributed by atoms with Gasteiger partial charge in [-0.3, -0.25) is 4.98 Å². The van der Waals surface area contributed by atoms with E-state index in [1.165, 1.54) is 0 Å². The van der Waals surface area contributed by atoms with E-state index >= 15 is 0 Å². The van der Waals surface area contributed by atoms with Gasteiger partial charge in [0, 0.05) is 29.4 Å². The van der Waals surface area contributed by atoms with Gasteiger partial charge in [0.2, 0.25) is 0 Å². The maximum absolute atomic E-state index is 9.46. The Morgan fingerprint density at radius 1 is 1.43 bits per heavy atom. The molecule has 3 heteroatoms. The van der Waals surface area contributed by atoms with E-state index < -0.39 is 6.10 Å². The quantitative estimate of drug-likeness (QED) is 0.747. The molecule has 1 aromatic rings. The molecule has 3 nitrogen and oxygen atoms in total. The van der Waals surface area contributed by atoms with Crippen molar-refractivity contribution in [3.05, 3.63) is 29.6 Å². The first-order valence-electron chi connectivity index (χ1n) is 4.79. The van der Waals surface area contributed by atoms with Gasteiger partial charge in [-0.05, 0) is 6.07 Å². The summed E-state index contributed by atoms with van der Waals surface area (Å²) in [5.41, 5.74) is 7.20. The molecule has 1 rings (SSSR count). The Kier molecular flexibility index (Phi) is 3.24. The van der Waals surface area contributed by atoms with Crippen LogP contribution in [0, 0.1) is 0 Å². The molecule has 1 heterocycles. The second kappa shape index (κ2) is 4.07. The van der Waals surface area contributed by atoms with E-state index in [2.05, 4.69) is 25.8 Å². The van der Waals surface area contributed by atoms with Crippen molar-refractivity contribution in [3.8, 4) is 0 Å². The summed E-state index contributed by atoms with van der Waals surface area (Å²) in [6.45, 7) is 6.55. The van der Waals surface area contributed by atoms with Crippen molar-refractivity contribution in [1.82, 2.24) is 4.98 Å². The molecule has 78 valence electrons. The number of nitrogens with zero attached hydrogens (tertiary/aromatic N) is 1. The minimum atomic E-state index is -0.600.